The maximum absolute atomic E-state index is 3.61. The summed E-state index contributed by atoms with van der Waals surface area (Å²) >= 11 is 0. The van der Waals surface area contributed by atoms with Crippen LogP contribution in [0.4, 0.5) is 11.4 Å². The van der Waals surface area contributed by atoms with Gasteiger partial charge in [-0.2, -0.15) is 0 Å². The Morgan fingerprint density at radius 1 is 0.750 bits per heavy atom. The molecule has 0 aliphatic heterocycles. The van der Waals surface area contributed by atoms with Crippen LogP contribution in [0.1, 0.15) is 31.4 Å². The van der Waals surface area contributed by atoms with Gasteiger partial charge in [-0.25, -0.2) is 0 Å². The minimum absolute atomic E-state index is 0.277. The summed E-state index contributed by atoms with van der Waals surface area (Å²) in [5.41, 5.74) is 7.20. The first-order valence-electron chi connectivity index (χ1n) is 8.59. The quantitative estimate of drug-likeness (QED) is 0.533. The zero-order valence-corrected chi connectivity index (χ0v) is 14.1. The molecule has 24 heavy (non-hydrogen) atoms. The molecule has 0 bridgehead atoms. The summed E-state index contributed by atoms with van der Waals surface area (Å²) in [6.45, 7) is 2.24. The summed E-state index contributed by atoms with van der Waals surface area (Å²) in [5, 5.41) is 2.29. The van der Waals surface area contributed by atoms with E-state index < -0.39 is 0 Å². The van der Waals surface area contributed by atoms with Gasteiger partial charge in [0.25, 0.3) is 0 Å². The lowest BCUT2D eigenvalue weighted by Gasteiger charge is -2.35. The van der Waals surface area contributed by atoms with Gasteiger partial charge in [0.05, 0.1) is 17.4 Å². The predicted octanol–water partition coefficient (Wildman–Crippen LogP) is 6.06. The van der Waals surface area contributed by atoms with Crippen molar-refractivity contribution in [1.82, 2.24) is 0 Å². The second kappa shape index (κ2) is 8.21. The van der Waals surface area contributed by atoms with E-state index in [4.69, 9.17) is 0 Å². The third-order valence-corrected chi connectivity index (χ3v) is 4.12. The molecule has 1 unspecified atom stereocenters. The molecule has 3 aromatic carbocycles. The average molecular weight is 316 g/mol. The summed E-state index contributed by atoms with van der Waals surface area (Å²) in [6.07, 6.45) is 2.21. The molecule has 0 spiro atoms. The van der Waals surface area contributed by atoms with E-state index in [9.17, 15) is 0 Å². The monoisotopic (exact) mass is 316 g/mol. The van der Waals surface area contributed by atoms with Crippen molar-refractivity contribution in [3.05, 3.63) is 96.6 Å². The molecule has 0 heterocycles. The Labute approximate surface area is 144 Å². The van der Waals surface area contributed by atoms with Crippen molar-refractivity contribution in [3.8, 4) is 0 Å². The lowest BCUT2D eigenvalue weighted by molar-refractivity contribution is 0.598. The minimum atomic E-state index is 0.277. The lowest BCUT2D eigenvalue weighted by Crippen LogP contribution is -2.34. The number of rotatable bonds is 7. The number of benzene rings is 3. The molecule has 122 valence electrons. The Balaban J connectivity index is 1.98. The molecule has 1 atom stereocenters. The molecule has 0 saturated heterocycles. The molecule has 0 radical (unpaired) electrons. The van der Waals surface area contributed by atoms with Crippen LogP contribution in [0.2, 0.25) is 0 Å². The number of hydrogen-bond acceptors (Lipinski definition) is 2. The Bertz CT molecular complexity index is 711. The molecule has 3 aromatic rings. The summed E-state index contributed by atoms with van der Waals surface area (Å²) in [6, 6.07) is 31.9. The number of hydrazine groups is 1. The van der Waals surface area contributed by atoms with E-state index in [2.05, 4.69) is 102 Å². The molecule has 0 fully saturated rings. The molecule has 3 rings (SSSR count). The Hall–Kier alpha value is -2.74. The van der Waals surface area contributed by atoms with Crippen molar-refractivity contribution in [2.45, 2.75) is 25.8 Å². The van der Waals surface area contributed by atoms with Crippen molar-refractivity contribution in [1.29, 1.82) is 0 Å². The second-order valence-corrected chi connectivity index (χ2v) is 5.90. The maximum Gasteiger partial charge on any atom is 0.0753 e. The summed E-state index contributed by atoms with van der Waals surface area (Å²) < 4.78 is 0. The maximum atomic E-state index is 3.61. The summed E-state index contributed by atoms with van der Waals surface area (Å²) in [7, 11) is 0. The normalized spacial score (nSPS) is 11.7. The lowest BCUT2D eigenvalue weighted by atomic mass is 10.0. The van der Waals surface area contributed by atoms with Gasteiger partial charge in [-0.15, -0.1) is 0 Å². The van der Waals surface area contributed by atoms with Crippen LogP contribution >= 0.6 is 0 Å². The number of nitrogens with zero attached hydrogens (tertiary/aromatic N) is 1. The molecule has 0 aliphatic rings. The highest BCUT2D eigenvalue weighted by molar-refractivity contribution is 5.56. The topological polar surface area (TPSA) is 15.3 Å². The molecule has 0 saturated carbocycles. The molecule has 2 heteroatoms. The van der Waals surface area contributed by atoms with Crippen LogP contribution in [0.15, 0.2) is 91.0 Å². The van der Waals surface area contributed by atoms with Gasteiger partial charge in [-0.3, -0.25) is 10.4 Å². The van der Waals surface area contributed by atoms with Gasteiger partial charge < -0.3 is 0 Å². The highest BCUT2D eigenvalue weighted by Crippen LogP contribution is 2.31. The fraction of sp³-hybridized carbons (Fsp3) is 0.182. The molecular weight excluding hydrogens is 292 g/mol. The zero-order chi connectivity index (χ0) is 16.6. The van der Waals surface area contributed by atoms with E-state index in [0.717, 1.165) is 18.5 Å². The predicted molar refractivity (Wildman–Crippen MR) is 103 cm³/mol. The minimum Gasteiger partial charge on any atom is -0.298 e. The molecule has 2 nitrogen and oxygen atoms in total. The van der Waals surface area contributed by atoms with Gasteiger partial charge in [0.1, 0.15) is 0 Å². The Kier molecular flexibility index (Phi) is 5.52. The van der Waals surface area contributed by atoms with Crippen LogP contribution in [0, 0.1) is 0 Å². The number of hydrogen-bond donors (Lipinski definition) is 1. The van der Waals surface area contributed by atoms with E-state index in [1.165, 1.54) is 11.3 Å². The second-order valence-electron chi connectivity index (χ2n) is 5.90. The highest BCUT2D eigenvalue weighted by atomic mass is 15.5. The van der Waals surface area contributed by atoms with E-state index in [1.807, 2.05) is 6.07 Å². The van der Waals surface area contributed by atoms with Crippen molar-refractivity contribution < 1.29 is 0 Å². The van der Waals surface area contributed by atoms with Crippen LogP contribution in [0.25, 0.3) is 0 Å². The van der Waals surface area contributed by atoms with Crippen LogP contribution in [-0.2, 0) is 0 Å². The molecule has 1 N–H and O–H groups in total. The van der Waals surface area contributed by atoms with Gasteiger partial charge in [0.15, 0.2) is 0 Å². The summed E-state index contributed by atoms with van der Waals surface area (Å²) in [4.78, 5) is 0. The van der Waals surface area contributed by atoms with Gasteiger partial charge in [-0.05, 0) is 36.2 Å². The van der Waals surface area contributed by atoms with Gasteiger partial charge in [0.2, 0.25) is 0 Å². The molecule has 0 amide bonds. The first-order valence-corrected chi connectivity index (χ1v) is 8.59. The van der Waals surface area contributed by atoms with Crippen LogP contribution < -0.4 is 10.4 Å². The Morgan fingerprint density at radius 2 is 1.29 bits per heavy atom. The fourth-order valence-electron chi connectivity index (χ4n) is 2.96. The molecular formula is C22H24N2. The standard InChI is InChI=1S/C22H24N2/c1-2-12-22(19-13-6-3-7-14-19)24(21-17-10-5-11-18-21)23-20-15-8-4-9-16-20/h3-11,13-18,22-23H,2,12H2,1H3. The SMILES string of the molecule is CCCC(c1ccccc1)N(Nc1ccccc1)c1ccccc1. The molecule has 0 aliphatic carbocycles. The van der Waals surface area contributed by atoms with E-state index in [1.54, 1.807) is 0 Å². The highest BCUT2D eigenvalue weighted by Gasteiger charge is 2.20. The number of nitrogens with one attached hydrogen (secondary N) is 1. The van der Waals surface area contributed by atoms with E-state index in [-0.39, 0.29) is 6.04 Å². The Morgan fingerprint density at radius 3 is 1.88 bits per heavy atom. The fourth-order valence-corrected chi connectivity index (χ4v) is 2.96. The van der Waals surface area contributed by atoms with Crippen LogP contribution in [-0.4, -0.2) is 0 Å². The number of para-hydroxylation sites is 2. The molecule has 0 aromatic heterocycles. The average Bonchev–Trinajstić information content (AvgIpc) is 2.67. The number of anilines is 2. The third kappa shape index (κ3) is 3.96. The van der Waals surface area contributed by atoms with Gasteiger partial charge >= 0.3 is 0 Å². The summed E-state index contributed by atoms with van der Waals surface area (Å²) in [5.74, 6) is 0. The van der Waals surface area contributed by atoms with Gasteiger partial charge in [-0.1, -0.05) is 80.1 Å². The van der Waals surface area contributed by atoms with Crippen LogP contribution in [0.3, 0.4) is 0 Å². The van der Waals surface area contributed by atoms with Crippen molar-refractivity contribution in [3.63, 3.8) is 0 Å². The first kappa shape index (κ1) is 16.1. The van der Waals surface area contributed by atoms with Gasteiger partial charge in [0, 0.05) is 0 Å². The van der Waals surface area contributed by atoms with Crippen molar-refractivity contribution >= 4 is 11.4 Å². The van der Waals surface area contributed by atoms with Crippen molar-refractivity contribution in [2.75, 3.05) is 10.4 Å². The third-order valence-electron chi connectivity index (χ3n) is 4.12. The first-order chi connectivity index (χ1) is 11.9. The smallest absolute Gasteiger partial charge is 0.0753 e. The van der Waals surface area contributed by atoms with Crippen molar-refractivity contribution in [2.24, 2.45) is 0 Å². The van der Waals surface area contributed by atoms with Crippen LogP contribution in [0.5, 0.6) is 0 Å². The van der Waals surface area contributed by atoms with E-state index in [0.29, 0.717) is 0 Å². The zero-order valence-electron chi connectivity index (χ0n) is 14.1. The largest absolute Gasteiger partial charge is 0.298 e. The van der Waals surface area contributed by atoms with E-state index >= 15 is 0 Å².